The molecule has 0 atom stereocenters. The first-order valence-electron chi connectivity index (χ1n) is 3.92. The molecular weight excluding hydrogens is 345 g/mol. The predicted molar refractivity (Wildman–Crippen MR) is 55.0 cm³/mol. The van der Waals surface area contributed by atoms with Crippen molar-refractivity contribution in [3.63, 3.8) is 0 Å². The van der Waals surface area contributed by atoms with E-state index in [1.165, 1.54) is 22.6 Å². The average Bonchev–Trinajstić information content (AvgIpc) is 2.19. The Morgan fingerprint density at radius 2 is 2.06 bits per heavy atom. The van der Waals surface area contributed by atoms with Crippen molar-refractivity contribution in [2.24, 2.45) is 0 Å². The molecule has 0 bridgehead atoms. The molecule has 0 aliphatic carbocycles. The van der Waals surface area contributed by atoms with Crippen LogP contribution in [-0.2, 0) is 6.67 Å². The summed E-state index contributed by atoms with van der Waals surface area (Å²) >= 11 is 1.52. The van der Waals surface area contributed by atoms with E-state index in [0.717, 1.165) is 13.2 Å². The highest BCUT2D eigenvalue weighted by atomic mass is 127. The van der Waals surface area contributed by atoms with E-state index >= 15 is 0 Å². The zero-order chi connectivity index (χ0) is 12.3. The molecule has 16 heavy (non-hydrogen) atoms. The normalized spacial score (nSPS) is 11.4. The first-order chi connectivity index (χ1) is 7.37. The molecule has 1 aromatic rings. The highest BCUT2D eigenvalue weighted by molar-refractivity contribution is 14.1. The van der Waals surface area contributed by atoms with Gasteiger partial charge in [-0.15, -0.1) is 13.2 Å². The van der Waals surface area contributed by atoms with Crippen molar-refractivity contribution in [3.05, 3.63) is 15.5 Å². The van der Waals surface area contributed by atoms with E-state index in [2.05, 4.69) is 14.5 Å². The van der Waals surface area contributed by atoms with E-state index in [-0.39, 0.29) is 15.1 Å². The first kappa shape index (κ1) is 13.3. The number of nitrogens with zero attached hydrogens (tertiary/aromatic N) is 1. The summed E-state index contributed by atoms with van der Waals surface area (Å²) in [6.45, 7) is -0.890. The number of hydrogen-bond acceptors (Lipinski definition) is 3. The lowest BCUT2D eigenvalue weighted by Gasteiger charge is -2.14. The quantitative estimate of drug-likeness (QED) is 0.477. The average molecular weight is 351 g/mol. The molecule has 0 spiro atoms. The number of halogens is 5. The molecule has 0 amide bonds. The van der Waals surface area contributed by atoms with E-state index in [1.54, 1.807) is 0 Å². The molecule has 0 unspecified atom stereocenters. The fraction of sp³-hybridized carbons (Fsp3) is 0.375. The van der Waals surface area contributed by atoms with Crippen molar-refractivity contribution in [3.8, 4) is 11.5 Å². The number of methoxy groups -OCH3 is 1. The van der Waals surface area contributed by atoms with Gasteiger partial charge in [0.15, 0.2) is 5.75 Å². The molecule has 0 saturated heterocycles. The third-order valence-electron chi connectivity index (χ3n) is 1.53. The summed E-state index contributed by atoms with van der Waals surface area (Å²) in [5, 5.41) is 0. The van der Waals surface area contributed by atoms with Crippen LogP contribution in [0.2, 0.25) is 0 Å². The van der Waals surface area contributed by atoms with E-state index < -0.39 is 18.8 Å². The molecule has 0 aliphatic rings. The van der Waals surface area contributed by atoms with E-state index in [1.807, 2.05) is 0 Å². The zero-order valence-electron chi connectivity index (χ0n) is 7.94. The standard InChI is InChI=1S/C8H6F4INO2/c1-15-5-2-4(3-9)14-7(13)6(5)16-8(10,11)12/h2H,3H2,1H3. The molecular formula is C8H6F4INO2. The SMILES string of the molecule is COc1cc(CF)nc(I)c1OC(F)(F)F. The van der Waals surface area contributed by atoms with Gasteiger partial charge >= 0.3 is 6.36 Å². The maximum absolute atomic E-state index is 12.3. The summed E-state index contributed by atoms with van der Waals surface area (Å²) in [5.41, 5.74) is -0.0178. The van der Waals surface area contributed by atoms with Crippen molar-refractivity contribution in [2.75, 3.05) is 7.11 Å². The lowest BCUT2D eigenvalue weighted by molar-refractivity contribution is -0.275. The van der Waals surface area contributed by atoms with Crippen LogP contribution in [0.5, 0.6) is 11.5 Å². The highest BCUT2D eigenvalue weighted by Gasteiger charge is 2.34. The summed E-state index contributed by atoms with van der Waals surface area (Å²) in [4.78, 5) is 3.59. The Kier molecular flexibility index (Phi) is 4.16. The second-order valence-corrected chi connectivity index (χ2v) is 3.64. The summed E-state index contributed by atoms with van der Waals surface area (Å²) in [5.74, 6) is -0.767. The van der Waals surface area contributed by atoms with Crippen molar-refractivity contribution in [1.29, 1.82) is 0 Å². The molecule has 3 nitrogen and oxygen atoms in total. The minimum absolute atomic E-state index is 0.0178. The van der Waals surface area contributed by atoms with Crippen LogP contribution < -0.4 is 9.47 Å². The van der Waals surface area contributed by atoms with Crippen LogP contribution >= 0.6 is 22.6 Å². The summed E-state index contributed by atoms with van der Waals surface area (Å²) in [6, 6.07) is 1.06. The Bertz CT molecular complexity index is 383. The zero-order valence-corrected chi connectivity index (χ0v) is 10.1. The van der Waals surface area contributed by atoms with Crippen LogP contribution in [-0.4, -0.2) is 18.5 Å². The molecule has 0 saturated carbocycles. The smallest absolute Gasteiger partial charge is 0.493 e. The van der Waals surface area contributed by atoms with E-state index in [4.69, 9.17) is 0 Å². The van der Waals surface area contributed by atoms with Gasteiger partial charge in [-0.05, 0) is 22.6 Å². The lowest BCUT2D eigenvalue weighted by Crippen LogP contribution is -2.19. The fourth-order valence-corrected chi connectivity index (χ4v) is 1.64. The Morgan fingerprint density at radius 3 is 2.50 bits per heavy atom. The Morgan fingerprint density at radius 1 is 1.44 bits per heavy atom. The number of alkyl halides is 4. The second-order valence-electron chi connectivity index (χ2n) is 2.62. The van der Waals surface area contributed by atoms with Gasteiger partial charge in [-0.3, -0.25) is 0 Å². The van der Waals surface area contributed by atoms with Crippen LogP contribution in [0.4, 0.5) is 17.6 Å². The minimum atomic E-state index is -4.84. The molecule has 0 aromatic carbocycles. The molecule has 0 radical (unpaired) electrons. The van der Waals surface area contributed by atoms with Crippen molar-refractivity contribution >= 4 is 22.6 Å². The topological polar surface area (TPSA) is 31.4 Å². The molecule has 1 rings (SSSR count). The van der Waals surface area contributed by atoms with Crippen LogP contribution in [0.1, 0.15) is 5.69 Å². The van der Waals surface area contributed by atoms with Gasteiger partial charge in [0.1, 0.15) is 10.4 Å². The number of hydrogen-bond donors (Lipinski definition) is 0. The van der Waals surface area contributed by atoms with Crippen LogP contribution in [0.3, 0.4) is 0 Å². The van der Waals surface area contributed by atoms with Crippen molar-refractivity contribution < 1.29 is 27.0 Å². The second kappa shape index (κ2) is 5.02. The number of aromatic nitrogens is 1. The van der Waals surface area contributed by atoms with Gasteiger partial charge < -0.3 is 9.47 Å². The van der Waals surface area contributed by atoms with Gasteiger partial charge in [0.25, 0.3) is 0 Å². The number of ether oxygens (including phenoxy) is 2. The highest BCUT2D eigenvalue weighted by Crippen LogP contribution is 2.36. The molecule has 90 valence electrons. The van der Waals surface area contributed by atoms with Crippen molar-refractivity contribution in [1.82, 2.24) is 4.98 Å². The lowest BCUT2D eigenvalue weighted by atomic mass is 10.3. The van der Waals surface area contributed by atoms with Crippen LogP contribution in [0, 0.1) is 3.70 Å². The molecule has 1 heterocycles. The molecule has 0 N–H and O–H groups in total. The first-order valence-corrected chi connectivity index (χ1v) is 5.00. The summed E-state index contributed by atoms with van der Waals surface area (Å²) < 4.78 is 56.7. The van der Waals surface area contributed by atoms with E-state index in [9.17, 15) is 17.6 Å². The van der Waals surface area contributed by atoms with Gasteiger partial charge in [-0.1, -0.05) is 0 Å². The molecule has 8 heteroatoms. The van der Waals surface area contributed by atoms with E-state index in [0.29, 0.717) is 0 Å². The third kappa shape index (κ3) is 3.35. The predicted octanol–water partition coefficient (Wildman–Crippen LogP) is 3.06. The van der Waals surface area contributed by atoms with Gasteiger partial charge in [0.05, 0.1) is 12.8 Å². The van der Waals surface area contributed by atoms with Crippen molar-refractivity contribution in [2.45, 2.75) is 13.0 Å². The van der Waals surface area contributed by atoms with Crippen LogP contribution in [0.15, 0.2) is 6.07 Å². The maximum Gasteiger partial charge on any atom is 0.573 e. The molecule has 1 aromatic heterocycles. The Labute approximate surface area is 102 Å². The molecule has 0 aliphatic heterocycles. The van der Waals surface area contributed by atoms with Crippen LogP contribution in [0.25, 0.3) is 0 Å². The monoisotopic (exact) mass is 351 g/mol. The van der Waals surface area contributed by atoms with Gasteiger partial charge in [0.2, 0.25) is 5.75 Å². The van der Waals surface area contributed by atoms with Gasteiger partial charge in [-0.2, -0.15) is 0 Å². The Balaban J connectivity index is 3.16. The summed E-state index contributed by atoms with van der Waals surface area (Å²) in [7, 11) is 1.16. The van der Waals surface area contributed by atoms with Gasteiger partial charge in [-0.25, -0.2) is 9.37 Å². The minimum Gasteiger partial charge on any atom is -0.493 e. The maximum atomic E-state index is 12.3. The third-order valence-corrected chi connectivity index (χ3v) is 2.26. The Hall–Kier alpha value is -0.800. The molecule has 0 fully saturated rings. The number of rotatable bonds is 3. The summed E-state index contributed by atoms with van der Waals surface area (Å²) in [6.07, 6.45) is -4.84. The fourth-order valence-electron chi connectivity index (χ4n) is 0.956. The number of pyridine rings is 1. The largest absolute Gasteiger partial charge is 0.573 e. The van der Waals surface area contributed by atoms with Gasteiger partial charge in [0, 0.05) is 6.07 Å².